The molecule has 0 fully saturated rings. The highest BCUT2D eigenvalue weighted by atomic mass is 79.9. The molecule has 0 aliphatic carbocycles. The smallest absolute Gasteiger partial charge is 0.116 e. The maximum Gasteiger partial charge on any atom is 0.116 e. The predicted octanol–water partition coefficient (Wildman–Crippen LogP) is 2.95. The fraction of sp³-hybridized carbons (Fsp3) is 0.200. The van der Waals surface area contributed by atoms with Gasteiger partial charge < -0.3 is 0 Å². The Morgan fingerprint density at radius 1 is 1.31 bits per heavy atom. The van der Waals surface area contributed by atoms with E-state index in [1.165, 1.54) is 0 Å². The Balaban J connectivity index is 2.77. The molecule has 66 valence electrons. The SMILES string of the molecule is CCc1ncnc2cc(Br)ccc12. The van der Waals surface area contributed by atoms with Crippen molar-refractivity contribution in [3.63, 3.8) is 0 Å². The fourth-order valence-corrected chi connectivity index (χ4v) is 1.72. The number of nitrogens with zero attached hydrogens (tertiary/aromatic N) is 2. The second-order valence-electron chi connectivity index (χ2n) is 2.84. The molecule has 0 N–H and O–H groups in total. The van der Waals surface area contributed by atoms with Crippen molar-refractivity contribution in [2.75, 3.05) is 0 Å². The molecule has 0 atom stereocenters. The molecule has 13 heavy (non-hydrogen) atoms. The summed E-state index contributed by atoms with van der Waals surface area (Å²) in [7, 11) is 0. The molecule has 0 saturated carbocycles. The number of fused-ring (bicyclic) bond motifs is 1. The third-order valence-corrected chi connectivity index (χ3v) is 2.51. The van der Waals surface area contributed by atoms with E-state index >= 15 is 0 Å². The van der Waals surface area contributed by atoms with Crippen LogP contribution in [0.25, 0.3) is 10.9 Å². The van der Waals surface area contributed by atoms with Crippen molar-refractivity contribution >= 4 is 26.8 Å². The Bertz CT molecular complexity index is 440. The van der Waals surface area contributed by atoms with Crippen molar-refractivity contribution in [2.45, 2.75) is 13.3 Å². The first kappa shape index (κ1) is 8.63. The van der Waals surface area contributed by atoms with E-state index in [1.807, 2.05) is 12.1 Å². The van der Waals surface area contributed by atoms with Gasteiger partial charge in [0.1, 0.15) is 6.33 Å². The highest BCUT2D eigenvalue weighted by Crippen LogP contribution is 2.19. The molecule has 0 spiro atoms. The Hall–Kier alpha value is -0.960. The molecule has 2 aromatic rings. The van der Waals surface area contributed by atoms with Crippen molar-refractivity contribution in [2.24, 2.45) is 0 Å². The van der Waals surface area contributed by atoms with Crippen LogP contribution in [0.1, 0.15) is 12.6 Å². The molecule has 0 bridgehead atoms. The molecule has 1 heterocycles. The van der Waals surface area contributed by atoms with Gasteiger partial charge in [0.2, 0.25) is 0 Å². The largest absolute Gasteiger partial charge is 0.241 e. The molecule has 0 saturated heterocycles. The molecule has 0 aliphatic rings. The molecule has 1 aromatic heterocycles. The monoisotopic (exact) mass is 236 g/mol. The van der Waals surface area contributed by atoms with Gasteiger partial charge in [0.25, 0.3) is 0 Å². The zero-order valence-electron chi connectivity index (χ0n) is 7.29. The molecular weight excluding hydrogens is 228 g/mol. The molecule has 3 heteroatoms. The predicted molar refractivity (Wildman–Crippen MR) is 56.6 cm³/mol. The molecule has 0 radical (unpaired) electrons. The van der Waals surface area contributed by atoms with Crippen molar-refractivity contribution in [3.8, 4) is 0 Å². The quantitative estimate of drug-likeness (QED) is 0.761. The van der Waals surface area contributed by atoms with Crippen molar-refractivity contribution in [1.82, 2.24) is 9.97 Å². The van der Waals surface area contributed by atoms with E-state index in [0.717, 1.165) is 27.5 Å². The second-order valence-corrected chi connectivity index (χ2v) is 3.75. The van der Waals surface area contributed by atoms with Gasteiger partial charge in [-0.1, -0.05) is 22.9 Å². The van der Waals surface area contributed by atoms with Crippen LogP contribution >= 0.6 is 15.9 Å². The van der Waals surface area contributed by atoms with Gasteiger partial charge in [0.15, 0.2) is 0 Å². The number of halogens is 1. The summed E-state index contributed by atoms with van der Waals surface area (Å²) in [6.07, 6.45) is 2.56. The fourth-order valence-electron chi connectivity index (χ4n) is 1.37. The summed E-state index contributed by atoms with van der Waals surface area (Å²) in [6, 6.07) is 6.08. The van der Waals surface area contributed by atoms with E-state index in [2.05, 4.69) is 38.9 Å². The van der Waals surface area contributed by atoms with Crippen LogP contribution < -0.4 is 0 Å². The summed E-state index contributed by atoms with van der Waals surface area (Å²) < 4.78 is 1.06. The van der Waals surface area contributed by atoms with Gasteiger partial charge in [-0.05, 0) is 24.6 Å². The zero-order valence-corrected chi connectivity index (χ0v) is 8.87. The molecular formula is C10H9BrN2. The Kier molecular flexibility index (Phi) is 2.27. The van der Waals surface area contributed by atoms with E-state index in [0.29, 0.717) is 0 Å². The van der Waals surface area contributed by atoms with Crippen molar-refractivity contribution in [1.29, 1.82) is 0 Å². The lowest BCUT2D eigenvalue weighted by molar-refractivity contribution is 1.03. The number of hydrogen-bond acceptors (Lipinski definition) is 2. The average molecular weight is 237 g/mol. The van der Waals surface area contributed by atoms with Gasteiger partial charge in [0, 0.05) is 9.86 Å². The number of aryl methyl sites for hydroxylation is 1. The Labute approximate surface area is 85.1 Å². The summed E-state index contributed by atoms with van der Waals surface area (Å²) in [6.45, 7) is 2.10. The first-order valence-corrected chi connectivity index (χ1v) is 4.99. The van der Waals surface area contributed by atoms with Crippen molar-refractivity contribution < 1.29 is 0 Å². The first-order valence-electron chi connectivity index (χ1n) is 4.20. The minimum absolute atomic E-state index is 0.945. The first-order chi connectivity index (χ1) is 6.31. The van der Waals surface area contributed by atoms with Crippen LogP contribution in [0, 0.1) is 0 Å². The van der Waals surface area contributed by atoms with Gasteiger partial charge in [-0.25, -0.2) is 9.97 Å². The number of aromatic nitrogens is 2. The lowest BCUT2D eigenvalue weighted by atomic mass is 10.1. The van der Waals surface area contributed by atoms with Gasteiger partial charge in [-0.15, -0.1) is 0 Å². The standard InChI is InChI=1S/C10H9BrN2/c1-2-9-8-4-3-7(11)5-10(8)13-6-12-9/h3-6H,2H2,1H3. The normalized spacial score (nSPS) is 10.6. The van der Waals surface area contributed by atoms with Gasteiger partial charge in [-0.3, -0.25) is 0 Å². The van der Waals surface area contributed by atoms with Crippen LogP contribution in [-0.2, 0) is 6.42 Å². The third-order valence-electron chi connectivity index (χ3n) is 2.02. The molecule has 0 unspecified atom stereocenters. The number of benzene rings is 1. The van der Waals surface area contributed by atoms with Crippen LogP contribution in [0.4, 0.5) is 0 Å². The van der Waals surface area contributed by atoms with Gasteiger partial charge >= 0.3 is 0 Å². The maximum absolute atomic E-state index is 4.23. The molecule has 2 nitrogen and oxygen atoms in total. The third kappa shape index (κ3) is 1.56. The lowest BCUT2D eigenvalue weighted by Gasteiger charge is -2.01. The Morgan fingerprint density at radius 2 is 2.15 bits per heavy atom. The highest BCUT2D eigenvalue weighted by molar-refractivity contribution is 9.10. The van der Waals surface area contributed by atoms with Crippen LogP contribution in [0.2, 0.25) is 0 Å². The lowest BCUT2D eigenvalue weighted by Crippen LogP contribution is -1.90. The van der Waals surface area contributed by atoms with E-state index in [1.54, 1.807) is 6.33 Å². The summed E-state index contributed by atoms with van der Waals surface area (Å²) in [4.78, 5) is 8.44. The summed E-state index contributed by atoms with van der Waals surface area (Å²) in [5.41, 5.74) is 2.11. The van der Waals surface area contributed by atoms with Crippen LogP contribution in [0.15, 0.2) is 29.0 Å². The topological polar surface area (TPSA) is 25.8 Å². The molecule has 2 rings (SSSR count). The summed E-state index contributed by atoms with van der Waals surface area (Å²) in [5.74, 6) is 0. The van der Waals surface area contributed by atoms with E-state index < -0.39 is 0 Å². The summed E-state index contributed by atoms with van der Waals surface area (Å²) >= 11 is 3.42. The minimum atomic E-state index is 0.945. The van der Waals surface area contributed by atoms with E-state index in [9.17, 15) is 0 Å². The molecule has 0 amide bonds. The van der Waals surface area contributed by atoms with Crippen LogP contribution in [0.3, 0.4) is 0 Å². The van der Waals surface area contributed by atoms with Gasteiger partial charge in [0.05, 0.1) is 11.2 Å². The van der Waals surface area contributed by atoms with Crippen molar-refractivity contribution in [3.05, 3.63) is 34.7 Å². The van der Waals surface area contributed by atoms with Crippen LogP contribution in [0.5, 0.6) is 0 Å². The zero-order chi connectivity index (χ0) is 9.26. The number of rotatable bonds is 1. The maximum atomic E-state index is 4.23. The van der Waals surface area contributed by atoms with E-state index in [-0.39, 0.29) is 0 Å². The minimum Gasteiger partial charge on any atom is -0.241 e. The Morgan fingerprint density at radius 3 is 2.92 bits per heavy atom. The molecule has 0 aliphatic heterocycles. The number of hydrogen-bond donors (Lipinski definition) is 0. The molecule has 1 aromatic carbocycles. The van der Waals surface area contributed by atoms with E-state index in [4.69, 9.17) is 0 Å². The summed E-state index contributed by atoms with van der Waals surface area (Å²) in [5, 5.41) is 1.15. The van der Waals surface area contributed by atoms with Crippen LogP contribution in [-0.4, -0.2) is 9.97 Å². The second kappa shape index (κ2) is 3.42. The average Bonchev–Trinajstić information content (AvgIpc) is 2.16. The van der Waals surface area contributed by atoms with Gasteiger partial charge in [-0.2, -0.15) is 0 Å². The highest BCUT2D eigenvalue weighted by Gasteiger charge is 2.00.